The van der Waals surface area contributed by atoms with Gasteiger partial charge in [-0.3, -0.25) is 14.4 Å². The van der Waals surface area contributed by atoms with Crippen molar-refractivity contribution in [3.05, 3.63) is 35.9 Å². The lowest BCUT2D eigenvalue weighted by Gasteiger charge is -2.43. The number of nitrogens with one attached hydrogen (secondary N) is 1. The van der Waals surface area contributed by atoms with Crippen molar-refractivity contribution in [3.63, 3.8) is 0 Å². The fourth-order valence-corrected chi connectivity index (χ4v) is 5.17. The minimum absolute atomic E-state index is 0.0439. The number of thioether (sulfide) groups is 1. The quantitative estimate of drug-likeness (QED) is 0.542. The Bertz CT molecular complexity index is 801. The molecule has 4 atom stereocenters. The van der Waals surface area contributed by atoms with Gasteiger partial charge in [0.2, 0.25) is 11.8 Å². The van der Waals surface area contributed by atoms with E-state index in [1.165, 1.54) is 30.7 Å². The molecule has 0 unspecified atom stereocenters. The summed E-state index contributed by atoms with van der Waals surface area (Å²) in [7, 11) is 1.25. The molecule has 0 aliphatic carbocycles. The Morgan fingerprint density at radius 1 is 1.25 bits per heavy atom. The van der Waals surface area contributed by atoms with Crippen molar-refractivity contribution in [1.82, 2.24) is 10.2 Å². The van der Waals surface area contributed by atoms with E-state index < -0.39 is 34.1 Å². The summed E-state index contributed by atoms with van der Waals surface area (Å²) >= 11 is 1.33. The van der Waals surface area contributed by atoms with Gasteiger partial charge in [-0.2, -0.15) is 0 Å². The van der Waals surface area contributed by atoms with Crippen LogP contribution in [-0.2, 0) is 35.1 Å². The maximum absolute atomic E-state index is 12.7. The Kier molecular flexibility index (Phi) is 5.64. The first kappa shape index (κ1) is 20.2. The van der Waals surface area contributed by atoms with Gasteiger partial charge in [-0.25, -0.2) is 4.79 Å². The molecule has 1 aromatic carbocycles. The monoisotopic (exact) mass is 406 g/mol. The van der Waals surface area contributed by atoms with Crippen LogP contribution in [0.3, 0.4) is 0 Å². The summed E-state index contributed by atoms with van der Waals surface area (Å²) < 4.78 is 9.11. The number of β-lactam (4-membered cyclic amide) rings is 1. The number of methoxy groups -OCH3 is 1. The number of carbonyl (C=O) groups excluding carboxylic acids is 4. The molecule has 2 aliphatic rings. The van der Waals surface area contributed by atoms with E-state index in [9.17, 15) is 19.2 Å². The maximum Gasteiger partial charge on any atom is 0.330 e. The van der Waals surface area contributed by atoms with Gasteiger partial charge in [0.25, 0.3) is 0 Å². The van der Waals surface area contributed by atoms with E-state index in [4.69, 9.17) is 9.47 Å². The molecule has 1 aromatic rings. The molecule has 0 saturated carbocycles. The van der Waals surface area contributed by atoms with Crippen molar-refractivity contribution in [1.29, 1.82) is 0 Å². The van der Waals surface area contributed by atoms with Crippen molar-refractivity contribution in [3.8, 4) is 0 Å². The van der Waals surface area contributed by atoms with Gasteiger partial charge in [0.15, 0.2) is 0 Å². The van der Waals surface area contributed by atoms with Crippen LogP contribution >= 0.6 is 11.8 Å². The Morgan fingerprint density at radius 3 is 2.54 bits per heavy atom. The maximum atomic E-state index is 12.7. The minimum atomic E-state index is -0.887. The van der Waals surface area contributed by atoms with Crippen molar-refractivity contribution in [2.45, 2.75) is 42.5 Å². The number of hydrogen-bond acceptors (Lipinski definition) is 7. The standard InChI is InChI=1S/C19H22N2O6S/c1-11(22)27-10-19(2)15(18(25)26-3)21-16(24)14(17(21)28-19)20-13(23)9-12-7-5-4-6-8-12/h4-8,14-15,17H,9-10H2,1-3H3,(H,20,23)/t14-,15+,17-,19+/m1/s1. The number of fused-ring (bicyclic) bond motifs is 1. The summed E-state index contributed by atoms with van der Waals surface area (Å²) in [5.41, 5.74) is 0.842. The average molecular weight is 406 g/mol. The number of carbonyl (C=O) groups is 4. The number of amides is 2. The first-order valence-electron chi connectivity index (χ1n) is 8.81. The molecule has 2 heterocycles. The lowest BCUT2D eigenvalue weighted by atomic mass is 9.95. The molecule has 0 radical (unpaired) electrons. The van der Waals surface area contributed by atoms with Crippen LogP contribution < -0.4 is 5.32 Å². The van der Waals surface area contributed by atoms with Gasteiger partial charge in [0.05, 0.1) is 18.3 Å². The number of benzene rings is 1. The topological polar surface area (TPSA) is 102 Å². The molecule has 8 nitrogen and oxygen atoms in total. The summed E-state index contributed by atoms with van der Waals surface area (Å²) in [6, 6.07) is 7.60. The molecule has 9 heteroatoms. The summed E-state index contributed by atoms with van der Waals surface area (Å²) in [5, 5.41) is 2.34. The Morgan fingerprint density at radius 2 is 1.93 bits per heavy atom. The van der Waals surface area contributed by atoms with Crippen LogP contribution in [0.15, 0.2) is 30.3 Å². The minimum Gasteiger partial charge on any atom is -0.467 e. The third-order valence-electron chi connectivity index (χ3n) is 4.84. The van der Waals surface area contributed by atoms with Gasteiger partial charge >= 0.3 is 11.9 Å². The average Bonchev–Trinajstić information content (AvgIpc) is 2.95. The van der Waals surface area contributed by atoms with E-state index in [0.29, 0.717) is 0 Å². The molecule has 150 valence electrons. The number of nitrogens with zero attached hydrogens (tertiary/aromatic N) is 1. The number of rotatable bonds is 6. The zero-order valence-electron chi connectivity index (χ0n) is 15.8. The predicted octanol–water partition coefficient (Wildman–Crippen LogP) is 0.492. The van der Waals surface area contributed by atoms with E-state index >= 15 is 0 Å². The Hall–Kier alpha value is -2.55. The molecule has 2 amide bonds. The third kappa shape index (κ3) is 3.71. The SMILES string of the molecule is COC(=O)[C@@H]1N2C(=O)[C@@H](NC(=O)Cc3ccccc3)[C@H]2S[C@@]1(C)COC(C)=O. The molecule has 2 fully saturated rings. The molecule has 0 aromatic heterocycles. The van der Waals surface area contributed by atoms with Crippen molar-refractivity contribution < 1.29 is 28.7 Å². The molecular weight excluding hydrogens is 384 g/mol. The number of esters is 2. The normalized spacial score (nSPS) is 28.2. The van der Waals surface area contributed by atoms with Crippen molar-refractivity contribution in [2.24, 2.45) is 0 Å². The Balaban J connectivity index is 1.71. The summed E-state index contributed by atoms with van der Waals surface area (Å²) in [4.78, 5) is 50.0. The molecule has 28 heavy (non-hydrogen) atoms. The van der Waals surface area contributed by atoms with Crippen molar-refractivity contribution >= 4 is 35.5 Å². The molecular formula is C19H22N2O6S. The van der Waals surface area contributed by atoms with Crippen LogP contribution in [0.2, 0.25) is 0 Å². The third-order valence-corrected chi connectivity index (χ3v) is 6.46. The zero-order valence-corrected chi connectivity index (χ0v) is 16.7. The first-order valence-corrected chi connectivity index (χ1v) is 9.69. The highest BCUT2D eigenvalue weighted by molar-refractivity contribution is 8.01. The molecule has 0 spiro atoms. The van der Waals surface area contributed by atoms with Crippen LogP contribution in [0.25, 0.3) is 0 Å². The van der Waals surface area contributed by atoms with Gasteiger partial charge < -0.3 is 19.7 Å². The van der Waals surface area contributed by atoms with E-state index in [-0.39, 0.29) is 24.8 Å². The summed E-state index contributed by atoms with van der Waals surface area (Å²) in [6.45, 7) is 2.98. The second-order valence-electron chi connectivity index (χ2n) is 6.98. The summed E-state index contributed by atoms with van der Waals surface area (Å²) in [6.07, 6.45) is 0.160. The largest absolute Gasteiger partial charge is 0.467 e. The lowest BCUT2D eigenvalue weighted by molar-refractivity contribution is -0.164. The first-order chi connectivity index (χ1) is 13.3. The zero-order chi connectivity index (χ0) is 20.5. The smallest absolute Gasteiger partial charge is 0.330 e. The van der Waals surface area contributed by atoms with E-state index in [0.717, 1.165) is 5.56 Å². The highest BCUT2D eigenvalue weighted by Crippen LogP contribution is 2.51. The molecule has 2 saturated heterocycles. The van der Waals surface area contributed by atoms with Crippen molar-refractivity contribution in [2.75, 3.05) is 13.7 Å². The number of ether oxygens (including phenoxy) is 2. The highest BCUT2D eigenvalue weighted by Gasteiger charge is 2.66. The molecule has 0 bridgehead atoms. The van der Waals surface area contributed by atoms with Gasteiger partial charge in [-0.15, -0.1) is 11.8 Å². The number of hydrogen-bond donors (Lipinski definition) is 1. The second-order valence-corrected chi connectivity index (χ2v) is 8.63. The summed E-state index contributed by atoms with van der Waals surface area (Å²) in [5.74, 6) is -1.67. The van der Waals surface area contributed by atoms with Gasteiger partial charge in [-0.1, -0.05) is 30.3 Å². The molecule has 1 N–H and O–H groups in total. The lowest BCUT2D eigenvalue weighted by Crippen LogP contribution is -2.71. The van der Waals surface area contributed by atoms with Crippen LogP contribution in [0.4, 0.5) is 0 Å². The van der Waals surface area contributed by atoms with Gasteiger partial charge in [0.1, 0.15) is 24.1 Å². The fourth-order valence-electron chi connectivity index (χ4n) is 3.49. The van der Waals surface area contributed by atoms with Crippen LogP contribution in [0.1, 0.15) is 19.4 Å². The highest BCUT2D eigenvalue weighted by atomic mass is 32.2. The van der Waals surface area contributed by atoms with E-state index in [2.05, 4.69) is 5.32 Å². The predicted molar refractivity (Wildman–Crippen MR) is 101 cm³/mol. The van der Waals surface area contributed by atoms with Crippen LogP contribution in [0.5, 0.6) is 0 Å². The fraction of sp³-hybridized carbons (Fsp3) is 0.474. The van der Waals surface area contributed by atoms with Crippen LogP contribution in [0, 0.1) is 0 Å². The van der Waals surface area contributed by atoms with Gasteiger partial charge in [-0.05, 0) is 12.5 Å². The second kappa shape index (κ2) is 7.83. The Labute approximate surface area is 166 Å². The van der Waals surface area contributed by atoms with Gasteiger partial charge in [0, 0.05) is 6.92 Å². The molecule has 2 aliphatic heterocycles. The van der Waals surface area contributed by atoms with E-state index in [1.807, 2.05) is 30.3 Å². The van der Waals surface area contributed by atoms with E-state index in [1.54, 1.807) is 6.92 Å². The van der Waals surface area contributed by atoms with Crippen LogP contribution in [-0.4, -0.2) is 64.6 Å². The molecule has 3 rings (SSSR count).